The van der Waals surface area contributed by atoms with E-state index in [1.165, 1.54) is 0 Å². The number of nitrogens with one attached hydrogen (secondary N) is 1. The molecule has 1 unspecified atom stereocenters. The van der Waals surface area contributed by atoms with E-state index in [4.69, 9.17) is 5.14 Å². The molecular weight excluding hydrogens is 438 g/mol. The number of carbonyl (C=O) groups is 1. The summed E-state index contributed by atoms with van der Waals surface area (Å²) in [6, 6.07) is 7.29. The first kappa shape index (κ1) is 21.4. The van der Waals surface area contributed by atoms with Crippen molar-refractivity contribution < 1.29 is 21.6 Å². The maximum atomic E-state index is 12.5. The third kappa shape index (κ3) is 4.98. The molecule has 0 aliphatic carbocycles. The van der Waals surface area contributed by atoms with Crippen molar-refractivity contribution in [2.75, 3.05) is 18.6 Å². The number of aromatic nitrogens is 3. The van der Waals surface area contributed by atoms with Gasteiger partial charge in [-0.05, 0) is 18.2 Å². The third-order valence-corrected chi connectivity index (χ3v) is 7.40. The number of benzene rings is 1. The Kier molecular flexibility index (Phi) is 5.76. The van der Waals surface area contributed by atoms with Gasteiger partial charge in [-0.25, -0.2) is 27.0 Å². The van der Waals surface area contributed by atoms with E-state index in [0.717, 1.165) is 28.8 Å². The van der Waals surface area contributed by atoms with Crippen LogP contribution in [0.15, 0.2) is 30.5 Å². The number of nitrogens with zero attached hydrogens (tertiary/aromatic N) is 3. The molecule has 10 nitrogen and oxygen atoms in total. The van der Waals surface area contributed by atoms with Gasteiger partial charge in [-0.3, -0.25) is 9.48 Å². The smallest absolute Gasteiger partial charge is 0.245 e. The Morgan fingerprint density at radius 1 is 1.28 bits per heavy atom. The second-order valence-electron chi connectivity index (χ2n) is 6.44. The minimum Gasteiger partial charge on any atom is -0.354 e. The number of sulfonamides is 1. The molecule has 0 radical (unpaired) electrons. The van der Waals surface area contributed by atoms with Crippen molar-refractivity contribution in [1.29, 1.82) is 0 Å². The molecule has 13 heteroatoms. The second-order valence-corrected chi connectivity index (χ2v) is 11.4. The van der Waals surface area contributed by atoms with Gasteiger partial charge in [0.15, 0.2) is 15.1 Å². The first-order valence-electron chi connectivity index (χ1n) is 8.31. The average molecular weight is 458 g/mol. The highest BCUT2D eigenvalue weighted by Crippen LogP contribution is 2.33. The molecule has 3 aromatic rings. The van der Waals surface area contributed by atoms with E-state index in [1.54, 1.807) is 16.9 Å². The second kappa shape index (κ2) is 7.82. The van der Waals surface area contributed by atoms with Crippen molar-refractivity contribution >= 4 is 47.3 Å². The highest BCUT2D eigenvalue weighted by molar-refractivity contribution is 7.91. The lowest BCUT2D eigenvalue weighted by Gasteiger charge is -2.12. The van der Waals surface area contributed by atoms with E-state index in [9.17, 15) is 21.6 Å². The zero-order valence-corrected chi connectivity index (χ0v) is 18.0. The Labute approximate surface area is 171 Å². The number of fused-ring (bicyclic) bond motifs is 1. The molecule has 1 amide bonds. The van der Waals surface area contributed by atoms with E-state index in [0.29, 0.717) is 10.2 Å². The SMILES string of the molecule is Cn1nccc1-c1ccc2nc(C(C(=O)NCCS(N)(=O)=O)S(C)(=O)=O)sc2c1. The Hall–Kier alpha value is -2.35. The highest BCUT2D eigenvalue weighted by atomic mass is 32.2. The van der Waals surface area contributed by atoms with Crippen LogP contribution in [0.25, 0.3) is 21.5 Å². The van der Waals surface area contributed by atoms with Gasteiger partial charge < -0.3 is 5.32 Å². The summed E-state index contributed by atoms with van der Waals surface area (Å²) in [5.41, 5.74) is 2.31. The number of thiazole rings is 1. The van der Waals surface area contributed by atoms with Gasteiger partial charge >= 0.3 is 0 Å². The fourth-order valence-corrected chi connectivity index (χ4v) is 5.70. The summed E-state index contributed by atoms with van der Waals surface area (Å²) >= 11 is 1.09. The van der Waals surface area contributed by atoms with Gasteiger partial charge in [0, 0.05) is 31.6 Å². The fraction of sp³-hybridized carbons (Fsp3) is 0.312. The molecule has 156 valence electrons. The molecule has 0 aliphatic heterocycles. The first-order chi connectivity index (χ1) is 13.5. The molecule has 0 spiro atoms. The quantitative estimate of drug-likeness (QED) is 0.513. The average Bonchev–Trinajstić information content (AvgIpc) is 3.17. The Morgan fingerprint density at radius 3 is 2.59 bits per heavy atom. The maximum Gasteiger partial charge on any atom is 0.245 e. The minimum absolute atomic E-state index is 0.109. The summed E-state index contributed by atoms with van der Waals surface area (Å²) in [6.45, 7) is -0.292. The summed E-state index contributed by atoms with van der Waals surface area (Å²) in [5, 5.41) is 9.90. The molecule has 3 rings (SSSR count). The molecule has 0 bridgehead atoms. The van der Waals surface area contributed by atoms with Crippen LogP contribution in [-0.4, -0.2) is 56.1 Å². The van der Waals surface area contributed by atoms with E-state index in [2.05, 4.69) is 15.4 Å². The van der Waals surface area contributed by atoms with E-state index < -0.39 is 36.8 Å². The lowest BCUT2D eigenvalue weighted by molar-refractivity contribution is -0.120. The fourth-order valence-electron chi connectivity index (χ4n) is 2.77. The highest BCUT2D eigenvalue weighted by Gasteiger charge is 2.34. The van der Waals surface area contributed by atoms with Crippen molar-refractivity contribution in [1.82, 2.24) is 20.1 Å². The zero-order chi connectivity index (χ0) is 21.4. The van der Waals surface area contributed by atoms with Crippen molar-refractivity contribution in [3.05, 3.63) is 35.5 Å². The predicted octanol–water partition coefficient (Wildman–Crippen LogP) is 0.187. The number of amides is 1. The van der Waals surface area contributed by atoms with Crippen molar-refractivity contribution in [3.63, 3.8) is 0 Å². The van der Waals surface area contributed by atoms with Crippen LogP contribution in [0.1, 0.15) is 10.3 Å². The van der Waals surface area contributed by atoms with Crippen molar-refractivity contribution in [3.8, 4) is 11.3 Å². The first-order valence-corrected chi connectivity index (χ1v) is 12.8. The van der Waals surface area contributed by atoms with Gasteiger partial charge in [0.05, 0.1) is 21.7 Å². The molecule has 0 fully saturated rings. The normalized spacial score (nSPS) is 13.5. The summed E-state index contributed by atoms with van der Waals surface area (Å²) in [5.74, 6) is -1.34. The van der Waals surface area contributed by atoms with Crippen LogP contribution in [0.4, 0.5) is 0 Å². The summed E-state index contributed by atoms with van der Waals surface area (Å²) < 4.78 is 49.0. The van der Waals surface area contributed by atoms with Gasteiger partial charge in [-0.1, -0.05) is 6.07 Å². The van der Waals surface area contributed by atoms with Gasteiger partial charge in [-0.2, -0.15) is 5.10 Å². The minimum atomic E-state index is -3.85. The predicted molar refractivity (Wildman–Crippen MR) is 110 cm³/mol. The number of rotatable bonds is 7. The molecule has 1 atom stereocenters. The maximum absolute atomic E-state index is 12.5. The lowest BCUT2D eigenvalue weighted by atomic mass is 10.1. The van der Waals surface area contributed by atoms with Gasteiger partial charge in [0.25, 0.3) is 0 Å². The zero-order valence-electron chi connectivity index (χ0n) is 15.6. The molecule has 2 aromatic heterocycles. The lowest BCUT2D eigenvalue weighted by Crippen LogP contribution is -2.37. The Morgan fingerprint density at radius 2 is 2.00 bits per heavy atom. The number of aryl methyl sites for hydroxylation is 1. The molecule has 0 saturated heterocycles. The van der Waals surface area contributed by atoms with E-state index in [1.807, 2.05) is 25.2 Å². The standard InChI is InChI=1S/C16H19N5O5S3/c1-21-12(5-6-19-21)10-3-4-11-13(9-10)27-16(20-11)14(28(2,23)24)15(22)18-7-8-29(17,25)26/h3-6,9,14H,7-8H2,1-2H3,(H,18,22)(H2,17,25,26). The van der Waals surface area contributed by atoms with Crippen molar-refractivity contribution in [2.24, 2.45) is 12.2 Å². The van der Waals surface area contributed by atoms with Crippen LogP contribution in [0.3, 0.4) is 0 Å². The van der Waals surface area contributed by atoms with E-state index >= 15 is 0 Å². The van der Waals surface area contributed by atoms with Gasteiger partial charge in [0.1, 0.15) is 5.01 Å². The molecule has 0 aliphatic rings. The summed E-state index contributed by atoms with van der Waals surface area (Å²) in [7, 11) is -5.82. The molecule has 3 N–H and O–H groups in total. The molecule has 29 heavy (non-hydrogen) atoms. The van der Waals surface area contributed by atoms with Crippen LogP contribution < -0.4 is 10.5 Å². The number of hydrogen-bond donors (Lipinski definition) is 2. The number of carbonyl (C=O) groups excluding carboxylic acids is 1. The van der Waals surface area contributed by atoms with E-state index in [-0.39, 0.29) is 11.6 Å². The largest absolute Gasteiger partial charge is 0.354 e. The van der Waals surface area contributed by atoms with Crippen LogP contribution in [0.5, 0.6) is 0 Å². The Balaban J connectivity index is 1.94. The molecule has 2 heterocycles. The topological polar surface area (TPSA) is 154 Å². The summed E-state index contributed by atoms with van der Waals surface area (Å²) in [6.07, 6.45) is 2.60. The number of primary sulfonamides is 1. The Bertz CT molecular complexity index is 1280. The van der Waals surface area contributed by atoms with Gasteiger partial charge in [0.2, 0.25) is 15.9 Å². The van der Waals surface area contributed by atoms with Crippen LogP contribution in [-0.2, 0) is 31.7 Å². The number of sulfone groups is 1. The molecular formula is C16H19N5O5S3. The molecule has 0 saturated carbocycles. The number of nitrogens with two attached hydrogens (primary N) is 1. The third-order valence-electron chi connectivity index (χ3n) is 4.10. The summed E-state index contributed by atoms with van der Waals surface area (Å²) in [4.78, 5) is 16.8. The van der Waals surface area contributed by atoms with Gasteiger partial charge in [-0.15, -0.1) is 11.3 Å². The van der Waals surface area contributed by atoms with Crippen molar-refractivity contribution in [2.45, 2.75) is 5.25 Å². The van der Waals surface area contributed by atoms with Crippen LogP contribution in [0.2, 0.25) is 0 Å². The van der Waals surface area contributed by atoms with Crippen LogP contribution >= 0.6 is 11.3 Å². The number of hydrogen-bond acceptors (Lipinski definition) is 8. The van der Waals surface area contributed by atoms with Crippen LogP contribution in [0, 0.1) is 0 Å². The molecule has 1 aromatic carbocycles. The monoisotopic (exact) mass is 457 g/mol.